The van der Waals surface area contributed by atoms with Gasteiger partial charge in [-0.15, -0.1) is 0 Å². The van der Waals surface area contributed by atoms with Crippen LogP contribution >= 0.6 is 0 Å². The maximum Gasteiger partial charge on any atom is 0.260 e. The van der Waals surface area contributed by atoms with E-state index in [0.717, 1.165) is 10.8 Å². The lowest BCUT2D eigenvalue weighted by atomic mass is 10.1. The minimum absolute atomic E-state index is 0.0222. The second-order valence-corrected chi connectivity index (χ2v) is 4.55. The zero-order chi connectivity index (χ0) is 14.5. The van der Waals surface area contributed by atoms with Crippen LogP contribution in [0.4, 0.5) is 0 Å². The lowest BCUT2D eigenvalue weighted by Crippen LogP contribution is -2.34. The van der Waals surface area contributed by atoms with Crippen LogP contribution in [0.3, 0.4) is 0 Å². The normalized spacial score (nSPS) is 10.5. The Morgan fingerprint density at radius 3 is 2.50 bits per heavy atom. The van der Waals surface area contributed by atoms with E-state index in [-0.39, 0.29) is 18.3 Å². The van der Waals surface area contributed by atoms with E-state index in [1.165, 1.54) is 0 Å². The average molecular weight is 273 g/mol. The number of likely N-dealkylation sites (N-methyl/N-ethyl adjacent to an activating group) is 1. The lowest BCUT2D eigenvalue weighted by molar-refractivity contribution is -0.132. The molecule has 0 aliphatic rings. The van der Waals surface area contributed by atoms with Gasteiger partial charge in [0, 0.05) is 13.1 Å². The summed E-state index contributed by atoms with van der Waals surface area (Å²) in [5.74, 6) is 0.823. The molecule has 0 atom stereocenters. The number of hydrogen-bond acceptors (Lipinski definition) is 3. The fourth-order valence-electron chi connectivity index (χ4n) is 2.11. The van der Waals surface area contributed by atoms with Crippen LogP contribution < -0.4 is 4.74 Å². The first-order valence-electron chi connectivity index (χ1n) is 6.77. The molecule has 0 bridgehead atoms. The van der Waals surface area contributed by atoms with E-state index in [1.807, 2.05) is 38.1 Å². The number of carbonyl (C=O) groups is 1. The summed E-state index contributed by atoms with van der Waals surface area (Å²) >= 11 is 0. The topological polar surface area (TPSA) is 49.8 Å². The molecule has 2 rings (SSSR count). The van der Waals surface area contributed by atoms with Crippen molar-refractivity contribution >= 4 is 16.7 Å². The summed E-state index contributed by atoms with van der Waals surface area (Å²) in [6, 6.07) is 10.7. The van der Waals surface area contributed by atoms with Crippen molar-refractivity contribution in [1.29, 1.82) is 0 Å². The van der Waals surface area contributed by atoms with Gasteiger partial charge in [-0.25, -0.2) is 0 Å². The van der Waals surface area contributed by atoms with E-state index >= 15 is 0 Å². The molecular weight excluding hydrogens is 254 g/mol. The summed E-state index contributed by atoms with van der Waals surface area (Å²) in [4.78, 5) is 13.6. The highest BCUT2D eigenvalue weighted by atomic mass is 16.5. The van der Waals surface area contributed by atoms with Gasteiger partial charge in [0.15, 0.2) is 6.61 Å². The molecule has 2 aromatic carbocycles. The molecule has 0 aromatic heterocycles. The zero-order valence-corrected chi connectivity index (χ0v) is 11.8. The number of amides is 1. The number of fused-ring (bicyclic) bond motifs is 1. The smallest absolute Gasteiger partial charge is 0.260 e. The predicted molar refractivity (Wildman–Crippen MR) is 79.0 cm³/mol. The number of benzene rings is 2. The SMILES string of the molecule is CCN(CC)C(=O)COc1ccc2ccc(O)cc2c1. The molecule has 2 aromatic rings. The zero-order valence-electron chi connectivity index (χ0n) is 11.8. The quantitative estimate of drug-likeness (QED) is 0.911. The number of nitrogens with zero attached hydrogens (tertiary/aromatic N) is 1. The second kappa shape index (κ2) is 6.28. The Kier molecular flexibility index (Phi) is 4.45. The third-order valence-electron chi connectivity index (χ3n) is 3.27. The molecule has 0 heterocycles. The van der Waals surface area contributed by atoms with Crippen LogP contribution in [0, 0.1) is 0 Å². The summed E-state index contributed by atoms with van der Waals surface area (Å²) in [6.07, 6.45) is 0. The maximum atomic E-state index is 11.9. The molecular formula is C16H19NO3. The Morgan fingerprint density at radius 2 is 1.80 bits per heavy atom. The summed E-state index contributed by atoms with van der Waals surface area (Å²) in [7, 11) is 0. The molecule has 4 heteroatoms. The minimum Gasteiger partial charge on any atom is -0.508 e. The molecule has 1 N–H and O–H groups in total. The lowest BCUT2D eigenvalue weighted by Gasteiger charge is -2.18. The first-order chi connectivity index (χ1) is 9.63. The Labute approximate surface area is 118 Å². The molecule has 0 saturated carbocycles. The van der Waals surface area contributed by atoms with Crippen molar-refractivity contribution in [2.45, 2.75) is 13.8 Å². The molecule has 0 aliphatic heterocycles. The van der Waals surface area contributed by atoms with Crippen LogP contribution in [0.15, 0.2) is 36.4 Å². The monoisotopic (exact) mass is 273 g/mol. The highest BCUT2D eigenvalue weighted by Gasteiger charge is 2.10. The first kappa shape index (κ1) is 14.2. The van der Waals surface area contributed by atoms with E-state index in [9.17, 15) is 9.90 Å². The van der Waals surface area contributed by atoms with E-state index in [0.29, 0.717) is 18.8 Å². The highest BCUT2D eigenvalue weighted by Crippen LogP contribution is 2.24. The Morgan fingerprint density at radius 1 is 1.10 bits per heavy atom. The molecule has 0 spiro atoms. The number of ether oxygens (including phenoxy) is 1. The van der Waals surface area contributed by atoms with Gasteiger partial charge >= 0.3 is 0 Å². The molecule has 0 radical (unpaired) electrons. The molecule has 4 nitrogen and oxygen atoms in total. The van der Waals surface area contributed by atoms with Crippen molar-refractivity contribution < 1.29 is 14.6 Å². The van der Waals surface area contributed by atoms with Gasteiger partial charge in [-0.05, 0) is 48.9 Å². The summed E-state index contributed by atoms with van der Waals surface area (Å²) < 4.78 is 5.53. The number of phenols is 1. The van der Waals surface area contributed by atoms with Gasteiger partial charge in [0.2, 0.25) is 0 Å². The Bertz CT molecular complexity index is 606. The Balaban J connectivity index is 2.08. The van der Waals surface area contributed by atoms with Gasteiger partial charge in [-0.1, -0.05) is 12.1 Å². The van der Waals surface area contributed by atoms with Crippen molar-refractivity contribution in [2.75, 3.05) is 19.7 Å². The van der Waals surface area contributed by atoms with Gasteiger partial charge in [0.1, 0.15) is 11.5 Å². The number of carbonyl (C=O) groups excluding carboxylic acids is 1. The maximum absolute atomic E-state index is 11.9. The fourth-order valence-corrected chi connectivity index (χ4v) is 2.11. The summed E-state index contributed by atoms with van der Waals surface area (Å²) in [5, 5.41) is 11.4. The number of rotatable bonds is 5. The summed E-state index contributed by atoms with van der Waals surface area (Å²) in [6.45, 7) is 5.29. The van der Waals surface area contributed by atoms with Gasteiger partial charge in [0.05, 0.1) is 0 Å². The van der Waals surface area contributed by atoms with Crippen molar-refractivity contribution in [3.8, 4) is 11.5 Å². The number of phenolic OH excluding ortho intramolecular Hbond substituents is 1. The van der Waals surface area contributed by atoms with Crippen molar-refractivity contribution in [3.05, 3.63) is 36.4 Å². The molecule has 1 amide bonds. The van der Waals surface area contributed by atoms with E-state index in [2.05, 4.69) is 0 Å². The van der Waals surface area contributed by atoms with Crippen LogP contribution in [0.1, 0.15) is 13.8 Å². The molecule has 106 valence electrons. The minimum atomic E-state index is -0.0222. The highest BCUT2D eigenvalue weighted by molar-refractivity contribution is 5.85. The van der Waals surface area contributed by atoms with E-state index in [1.54, 1.807) is 17.0 Å². The van der Waals surface area contributed by atoms with Crippen LogP contribution in [0.25, 0.3) is 10.8 Å². The van der Waals surface area contributed by atoms with Crippen molar-refractivity contribution in [1.82, 2.24) is 4.90 Å². The molecule has 0 unspecified atom stereocenters. The first-order valence-corrected chi connectivity index (χ1v) is 6.77. The fraction of sp³-hybridized carbons (Fsp3) is 0.312. The van der Waals surface area contributed by atoms with Crippen molar-refractivity contribution in [3.63, 3.8) is 0 Å². The predicted octanol–water partition coefficient (Wildman–Crippen LogP) is 2.79. The number of aromatic hydroxyl groups is 1. The van der Waals surface area contributed by atoms with Crippen LogP contribution in [-0.2, 0) is 4.79 Å². The molecule has 0 aliphatic carbocycles. The molecule has 0 saturated heterocycles. The van der Waals surface area contributed by atoms with Gasteiger partial charge in [0.25, 0.3) is 5.91 Å². The van der Waals surface area contributed by atoms with Crippen LogP contribution in [-0.4, -0.2) is 35.6 Å². The summed E-state index contributed by atoms with van der Waals surface area (Å²) in [5.41, 5.74) is 0. The Hall–Kier alpha value is -2.23. The van der Waals surface area contributed by atoms with Crippen LogP contribution in [0.2, 0.25) is 0 Å². The van der Waals surface area contributed by atoms with E-state index in [4.69, 9.17) is 4.74 Å². The van der Waals surface area contributed by atoms with Gasteiger partial charge in [-0.3, -0.25) is 4.79 Å². The van der Waals surface area contributed by atoms with Gasteiger partial charge < -0.3 is 14.7 Å². The third kappa shape index (κ3) is 3.20. The molecule has 20 heavy (non-hydrogen) atoms. The largest absolute Gasteiger partial charge is 0.508 e. The molecule has 0 fully saturated rings. The average Bonchev–Trinajstić information content (AvgIpc) is 2.46. The van der Waals surface area contributed by atoms with Crippen LogP contribution in [0.5, 0.6) is 11.5 Å². The standard InChI is InChI=1S/C16H19NO3/c1-3-17(4-2)16(19)11-20-15-8-6-12-5-7-14(18)9-13(12)10-15/h5-10,18H,3-4,11H2,1-2H3. The number of hydrogen-bond donors (Lipinski definition) is 1. The third-order valence-corrected chi connectivity index (χ3v) is 3.27. The van der Waals surface area contributed by atoms with E-state index < -0.39 is 0 Å². The van der Waals surface area contributed by atoms with Gasteiger partial charge in [-0.2, -0.15) is 0 Å². The van der Waals surface area contributed by atoms with Crippen molar-refractivity contribution in [2.24, 2.45) is 0 Å². The second-order valence-electron chi connectivity index (χ2n) is 4.55.